The van der Waals surface area contributed by atoms with Crippen LogP contribution in [0.3, 0.4) is 0 Å². The summed E-state index contributed by atoms with van der Waals surface area (Å²) in [5.74, 6) is -2.91. The molecular weight excluding hydrogens is 174 g/mol. The number of primary amides is 1. The lowest BCUT2D eigenvalue weighted by atomic mass is 10.0. The molecular formula is C8H13NO4. The Morgan fingerprint density at radius 3 is 2.31 bits per heavy atom. The summed E-state index contributed by atoms with van der Waals surface area (Å²) in [7, 11) is 0. The fourth-order valence-corrected chi connectivity index (χ4v) is 0.779. The van der Waals surface area contributed by atoms with Gasteiger partial charge >= 0.3 is 6.09 Å². The van der Waals surface area contributed by atoms with Gasteiger partial charge in [0, 0.05) is 6.42 Å². The van der Waals surface area contributed by atoms with Crippen molar-refractivity contribution in [2.45, 2.75) is 26.1 Å². The van der Waals surface area contributed by atoms with Crippen LogP contribution in [0.1, 0.15) is 20.3 Å². The van der Waals surface area contributed by atoms with Gasteiger partial charge in [0.2, 0.25) is 5.78 Å². The summed E-state index contributed by atoms with van der Waals surface area (Å²) in [5.41, 5.74) is 4.79. The molecule has 0 heterocycles. The van der Waals surface area contributed by atoms with E-state index >= 15 is 0 Å². The minimum Gasteiger partial charge on any atom is -0.409 e. The van der Waals surface area contributed by atoms with Gasteiger partial charge in [-0.25, -0.2) is 4.79 Å². The van der Waals surface area contributed by atoms with E-state index in [0.717, 1.165) is 0 Å². The smallest absolute Gasteiger partial charge is 0.407 e. The first kappa shape index (κ1) is 11.6. The highest BCUT2D eigenvalue weighted by Gasteiger charge is 2.37. The van der Waals surface area contributed by atoms with E-state index in [1.165, 1.54) is 13.8 Å². The fraction of sp³-hybridized carbons (Fsp3) is 0.500. The molecule has 1 unspecified atom stereocenters. The standard InChI is InChI=1S/C8H13NO4/c1-4-8(12,13-7(9)11)6(10)5(2)3/h12H,2,4H2,1,3H3,(H2,9,11). The van der Waals surface area contributed by atoms with E-state index in [0.29, 0.717) is 0 Å². The SMILES string of the molecule is C=C(C)C(=O)C(O)(CC)OC(N)=O. The maximum Gasteiger partial charge on any atom is 0.407 e. The molecule has 0 rings (SSSR count). The van der Waals surface area contributed by atoms with Crippen LogP contribution in [0.5, 0.6) is 0 Å². The largest absolute Gasteiger partial charge is 0.409 e. The second kappa shape index (κ2) is 4.04. The molecule has 0 aliphatic carbocycles. The minimum atomic E-state index is -2.17. The van der Waals surface area contributed by atoms with Gasteiger partial charge in [0.1, 0.15) is 0 Å². The fourth-order valence-electron chi connectivity index (χ4n) is 0.779. The number of carbonyl (C=O) groups excluding carboxylic acids is 2. The number of ether oxygens (including phenoxy) is 1. The van der Waals surface area contributed by atoms with E-state index in [2.05, 4.69) is 17.0 Å². The zero-order valence-corrected chi connectivity index (χ0v) is 7.66. The number of rotatable bonds is 4. The number of aliphatic hydroxyl groups is 1. The molecule has 0 spiro atoms. The lowest BCUT2D eigenvalue weighted by Gasteiger charge is -2.23. The number of ketones is 1. The van der Waals surface area contributed by atoms with Crippen molar-refractivity contribution >= 4 is 11.9 Å². The van der Waals surface area contributed by atoms with E-state index in [1.807, 2.05) is 0 Å². The van der Waals surface area contributed by atoms with Crippen molar-refractivity contribution in [2.75, 3.05) is 0 Å². The Morgan fingerprint density at radius 2 is 2.08 bits per heavy atom. The van der Waals surface area contributed by atoms with Crippen LogP contribution in [-0.4, -0.2) is 22.8 Å². The van der Waals surface area contributed by atoms with Gasteiger partial charge in [-0.1, -0.05) is 13.5 Å². The normalized spacial score (nSPS) is 14.4. The molecule has 1 atom stereocenters. The maximum absolute atomic E-state index is 11.2. The molecule has 5 nitrogen and oxygen atoms in total. The minimum absolute atomic E-state index is 0.0678. The van der Waals surface area contributed by atoms with Gasteiger partial charge < -0.3 is 15.6 Å². The summed E-state index contributed by atoms with van der Waals surface area (Å²) in [5, 5.41) is 9.50. The van der Waals surface area contributed by atoms with Gasteiger partial charge in [-0.2, -0.15) is 0 Å². The van der Waals surface area contributed by atoms with E-state index < -0.39 is 17.7 Å². The van der Waals surface area contributed by atoms with Crippen LogP contribution in [0, 0.1) is 0 Å². The van der Waals surface area contributed by atoms with Crippen molar-refractivity contribution < 1.29 is 19.4 Å². The van der Waals surface area contributed by atoms with Gasteiger partial charge in [0.25, 0.3) is 5.79 Å². The summed E-state index contributed by atoms with van der Waals surface area (Å²) in [6.45, 7) is 6.23. The molecule has 0 bridgehead atoms. The topological polar surface area (TPSA) is 89.6 Å². The molecule has 0 aromatic heterocycles. The maximum atomic E-state index is 11.2. The van der Waals surface area contributed by atoms with E-state index in [4.69, 9.17) is 0 Å². The molecule has 0 aromatic rings. The monoisotopic (exact) mass is 187 g/mol. The van der Waals surface area contributed by atoms with Gasteiger partial charge in [-0.15, -0.1) is 0 Å². The Bertz CT molecular complexity index is 249. The number of Topliss-reactive ketones (excluding diaryl/α,β-unsaturated/α-hetero) is 1. The molecule has 1 amide bonds. The highest BCUT2D eigenvalue weighted by Crippen LogP contribution is 2.17. The lowest BCUT2D eigenvalue weighted by molar-refractivity contribution is -0.178. The third-order valence-electron chi connectivity index (χ3n) is 1.49. The summed E-state index contributed by atoms with van der Waals surface area (Å²) in [6.07, 6.45) is -1.26. The highest BCUT2D eigenvalue weighted by molar-refractivity contribution is 6.00. The zero-order valence-electron chi connectivity index (χ0n) is 7.66. The Hall–Kier alpha value is -1.36. The first-order valence-electron chi connectivity index (χ1n) is 3.74. The van der Waals surface area contributed by atoms with Crippen molar-refractivity contribution in [1.29, 1.82) is 0 Å². The molecule has 0 saturated heterocycles. The second-order valence-electron chi connectivity index (χ2n) is 2.67. The summed E-state index contributed by atoms with van der Waals surface area (Å²) in [4.78, 5) is 21.6. The molecule has 0 aromatic carbocycles. The van der Waals surface area contributed by atoms with E-state index in [9.17, 15) is 14.7 Å². The van der Waals surface area contributed by atoms with Crippen LogP contribution < -0.4 is 5.73 Å². The number of nitrogens with two attached hydrogens (primary N) is 1. The number of carbonyl (C=O) groups is 2. The Morgan fingerprint density at radius 1 is 1.62 bits per heavy atom. The third kappa shape index (κ3) is 2.87. The highest BCUT2D eigenvalue weighted by atomic mass is 16.7. The average molecular weight is 187 g/mol. The van der Waals surface area contributed by atoms with Gasteiger partial charge in [0.05, 0.1) is 0 Å². The molecule has 0 aliphatic heterocycles. The van der Waals surface area contributed by atoms with Crippen molar-refractivity contribution in [2.24, 2.45) is 5.73 Å². The molecule has 0 radical (unpaired) electrons. The summed E-state index contributed by atoms with van der Waals surface area (Å²) >= 11 is 0. The van der Waals surface area contributed by atoms with Crippen molar-refractivity contribution in [3.8, 4) is 0 Å². The second-order valence-corrected chi connectivity index (χ2v) is 2.67. The van der Waals surface area contributed by atoms with Crippen LogP contribution in [-0.2, 0) is 9.53 Å². The molecule has 0 fully saturated rings. The quantitative estimate of drug-likeness (QED) is 0.490. The molecule has 74 valence electrons. The number of hydrogen-bond donors (Lipinski definition) is 2. The summed E-state index contributed by atoms with van der Waals surface area (Å²) < 4.78 is 4.29. The van der Waals surface area contributed by atoms with Gasteiger partial charge in [0.15, 0.2) is 0 Å². The van der Waals surface area contributed by atoms with Gasteiger partial charge in [-0.05, 0) is 12.5 Å². The number of amides is 1. The predicted molar refractivity (Wildman–Crippen MR) is 45.7 cm³/mol. The third-order valence-corrected chi connectivity index (χ3v) is 1.49. The molecule has 13 heavy (non-hydrogen) atoms. The van der Waals surface area contributed by atoms with E-state index in [1.54, 1.807) is 0 Å². The molecule has 5 heteroatoms. The number of hydrogen-bond acceptors (Lipinski definition) is 4. The molecule has 0 saturated carbocycles. The summed E-state index contributed by atoms with van der Waals surface area (Å²) in [6, 6.07) is 0. The molecule has 0 aliphatic rings. The average Bonchev–Trinajstić information content (AvgIpc) is 2.01. The Kier molecular flexibility index (Phi) is 3.62. The van der Waals surface area contributed by atoms with Crippen LogP contribution >= 0.6 is 0 Å². The van der Waals surface area contributed by atoms with Crippen LogP contribution in [0.25, 0.3) is 0 Å². The van der Waals surface area contributed by atoms with Crippen molar-refractivity contribution in [3.63, 3.8) is 0 Å². The first-order chi connectivity index (χ1) is 5.83. The van der Waals surface area contributed by atoms with E-state index in [-0.39, 0.29) is 12.0 Å². The lowest BCUT2D eigenvalue weighted by Crippen LogP contribution is -2.44. The Balaban J connectivity index is 4.72. The predicted octanol–water partition coefficient (Wildman–Crippen LogP) is 0.326. The zero-order chi connectivity index (χ0) is 10.6. The van der Waals surface area contributed by atoms with Crippen LogP contribution in [0.2, 0.25) is 0 Å². The van der Waals surface area contributed by atoms with Crippen LogP contribution in [0.4, 0.5) is 4.79 Å². The molecule has 3 N–H and O–H groups in total. The van der Waals surface area contributed by atoms with Gasteiger partial charge in [-0.3, -0.25) is 4.79 Å². The first-order valence-corrected chi connectivity index (χ1v) is 3.74. The van der Waals surface area contributed by atoms with Crippen molar-refractivity contribution in [1.82, 2.24) is 0 Å². The van der Waals surface area contributed by atoms with Crippen molar-refractivity contribution in [3.05, 3.63) is 12.2 Å². The Labute approximate surface area is 76.2 Å². The van der Waals surface area contributed by atoms with Crippen LogP contribution in [0.15, 0.2) is 12.2 Å².